The van der Waals surface area contributed by atoms with Gasteiger partial charge in [0.2, 0.25) is 0 Å². The summed E-state index contributed by atoms with van der Waals surface area (Å²) < 4.78 is 2.42. The first-order valence-corrected chi connectivity index (χ1v) is 11.3. The highest BCUT2D eigenvalue weighted by Crippen LogP contribution is 2.37. The van der Waals surface area contributed by atoms with Crippen LogP contribution in [0.1, 0.15) is 33.9 Å². The Morgan fingerprint density at radius 2 is 1.81 bits per heavy atom. The maximum absolute atomic E-state index is 13.0. The zero-order valence-electron chi connectivity index (χ0n) is 17.9. The maximum atomic E-state index is 13.0. The van der Waals surface area contributed by atoms with Crippen LogP contribution in [-0.4, -0.2) is 39.4 Å². The molecule has 166 valence electrons. The topological polar surface area (TPSA) is 109 Å². The molecule has 0 aromatic carbocycles. The number of thiophene rings is 2. The number of nitrogens with one attached hydrogen (secondary N) is 2. The molecule has 3 N–H and O–H groups in total. The first-order valence-electron chi connectivity index (χ1n) is 9.56. The number of carbonyl (C=O) groups excluding carboxylic acids is 1. The predicted molar refractivity (Wildman–Crippen MR) is 125 cm³/mol. The van der Waals surface area contributed by atoms with Crippen molar-refractivity contribution in [2.45, 2.75) is 19.4 Å². The number of rotatable bonds is 7. The summed E-state index contributed by atoms with van der Waals surface area (Å²) in [5.74, 6) is -0.614. The lowest BCUT2D eigenvalue weighted by molar-refractivity contribution is 0.0829. The molecule has 0 fully saturated rings. The first kappa shape index (κ1) is 22.6. The van der Waals surface area contributed by atoms with Gasteiger partial charge in [-0.05, 0) is 17.9 Å². The van der Waals surface area contributed by atoms with Gasteiger partial charge in [-0.1, -0.05) is 13.0 Å². The molecule has 1 atom stereocenters. The van der Waals surface area contributed by atoms with Crippen LogP contribution >= 0.6 is 22.7 Å². The summed E-state index contributed by atoms with van der Waals surface area (Å²) in [6, 6.07) is 3.73. The molecule has 0 aliphatic heterocycles. The summed E-state index contributed by atoms with van der Waals surface area (Å²) in [5.41, 5.74) is -0.530. The first-order chi connectivity index (χ1) is 14.7. The van der Waals surface area contributed by atoms with Crippen LogP contribution in [0.25, 0.3) is 0 Å². The summed E-state index contributed by atoms with van der Waals surface area (Å²) in [6.07, 6.45) is 0.698. The lowest BCUT2D eigenvalue weighted by Crippen LogP contribution is -2.38. The number of carbonyl (C=O) groups is 1. The Labute approximate surface area is 187 Å². The van der Waals surface area contributed by atoms with E-state index in [1.165, 1.54) is 28.4 Å². The van der Waals surface area contributed by atoms with Gasteiger partial charge in [-0.2, -0.15) is 0 Å². The van der Waals surface area contributed by atoms with E-state index in [2.05, 4.69) is 10.6 Å². The van der Waals surface area contributed by atoms with E-state index in [0.717, 1.165) is 16.2 Å². The Morgan fingerprint density at radius 1 is 1.16 bits per heavy atom. The zero-order valence-corrected chi connectivity index (χ0v) is 19.6. The molecule has 31 heavy (non-hydrogen) atoms. The molecule has 0 spiro atoms. The van der Waals surface area contributed by atoms with Gasteiger partial charge in [-0.15, -0.1) is 22.7 Å². The van der Waals surface area contributed by atoms with Crippen LogP contribution in [0.5, 0.6) is 5.75 Å². The molecular formula is C20H25N5O4S2. The highest BCUT2D eigenvalue weighted by atomic mass is 32.1. The molecule has 3 heterocycles. The number of nitrogens with zero attached hydrogens (tertiary/aromatic N) is 3. The molecule has 3 aromatic rings. The lowest BCUT2D eigenvalue weighted by atomic mass is 10.1. The molecule has 3 aromatic heterocycles. The normalized spacial score (nSPS) is 11.9. The van der Waals surface area contributed by atoms with Gasteiger partial charge in [-0.3, -0.25) is 14.4 Å². The molecule has 0 bridgehead atoms. The monoisotopic (exact) mass is 463 g/mol. The van der Waals surface area contributed by atoms with Crippen molar-refractivity contribution >= 4 is 45.6 Å². The second kappa shape index (κ2) is 8.98. The van der Waals surface area contributed by atoms with E-state index in [9.17, 15) is 19.5 Å². The average molecular weight is 464 g/mol. The molecule has 0 saturated carbocycles. The number of aromatic nitrogens is 2. The van der Waals surface area contributed by atoms with Crippen LogP contribution in [-0.2, 0) is 14.1 Å². The number of hydrogen-bond acceptors (Lipinski definition) is 8. The van der Waals surface area contributed by atoms with Crippen molar-refractivity contribution in [2.75, 3.05) is 24.7 Å². The Bertz CT molecular complexity index is 1210. The van der Waals surface area contributed by atoms with Crippen LogP contribution < -0.4 is 21.8 Å². The Kier molecular flexibility index (Phi) is 6.56. The van der Waals surface area contributed by atoms with E-state index in [4.69, 9.17) is 0 Å². The predicted octanol–water partition coefficient (Wildman–Crippen LogP) is 2.92. The molecule has 3 rings (SSSR count). The van der Waals surface area contributed by atoms with Gasteiger partial charge in [0.25, 0.3) is 17.0 Å². The minimum Gasteiger partial charge on any atom is -0.504 e. The third-order valence-corrected chi connectivity index (χ3v) is 6.90. The van der Waals surface area contributed by atoms with E-state index in [-0.39, 0.29) is 45.2 Å². The SMILES string of the molecule is CC[C@@H](Nc1c(Nc2csc(C(=O)N(C)C)c2O)c(=O)n(C)n(C)c1=O)c1cccs1. The Hall–Kier alpha value is -3.05. The number of amides is 1. The zero-order chi connectivity index (χ0) is 22.9. The molecule has 11 heteroatoms. The molecule has 0 radical (unpaired) electrons. The number of anilines is 3. The highest BCUT2D eigenvalue weighted by molar-refractivity contribution is 7.13. The fourth-order valence-corrected chi connectivity index (χ4v) is 4.80. The minimum absolute atomic E-state index is 0.0116. The average Bonchev–Trinajstić information content (AvgIpc) is 3.40. The minimum atomic E-state index is -0.447. The molecule has 9 nitrogen and oxygen atoms in total. The molecule has 0 saturated heterocycles. The molecule has 0 unspecified atom stereocenters. The highest BCUT2D eigenvalue weighted by Gasteiger charge is 2.24. The fourth-order valence-electron chi connectivity index (χ4n) is 3.03. The van der Waals surface area contributed by atoms with Gasteiger partial charge in [-0.25, -0.2) is 9.36 Å². The van der Waals surface area contributed by atoms with Gasteiger partial charge in [0.15, 0.2) is 5.75 Å². The van der Waals surface area contributed by atoms with E-state index >= 15 is 0 Å². The summed E-state index contributed by atoms with van der Waals surface area (Å²) in [4.78, 5) is 40.9. The second-order valence-corrected chi connectivity index (χ2v) is 9.04. The van der Waals surface area contributed by atoms with Gasteiger partial charge in [0.05, 0.1) is 11.7 Å². The van der Waals surface area contributed by atoms with Crippen LogP contribution in [0.2, 0.25) is 0 Å². The summed E-state index contributed by atoms with van der Waals surface area (Å²) in [7, 11) is 6.18. The lowest BCUT2D eigenvalue weighted by Gasteiger charge is -2.21. The van der Waals surface area contributed by atoms with Crippen molar-refractivity contribution in [1.29, 1.82) is 0 Å². The van der Waals surface area contributed by atoms with Gasteiger partial charge >= 0.3 is 0 Å². The van der Waals surface area contributed by atoms with Crippen molar-refractivity contribution < 1.29 is 9.90 Å². The van der Waals surface area contributed by atoms with Crippen molar-refractivity contribution in [3.8, 4) is 5.75 Å². The van der Waals surface area contributed by atoms with E-state index in [0.29, 0.717) is 6.42 Å². The van der Waals surface area contributed by atoms with Crippen LogP contribution in [0.15, 0.2) is 32.5 Å². The van der Waals surface area contributed by atoms with Crippen LogP contribution in [0.4, 0.5) is 17.1 Å². The van der Waals surface area contributed by atoms with Crippen LogP contribution in [0, 0.1) is 0 Å². The summed E-state index contributed by atoms with van der Waals surface area (Å²) >= 11 is 2.62. The third kappa shape index (κ3) is 4.23. The quantitative estimate of drug-likeness (QED) is 0.497. The van der Waals surface area contributed by atoms with Gasteiger partial charge in [0, 0.05) is 38.4 Å². The van der Waals surface area contributed by atoms with Crippen molar-refractivity contribution in [1.82, 2.24) is 14.3 Å². The number of aromatic hydroxyl groups is 1. The van der Waals surface area contributed by atoms with E-state index in [1.807, 2.05) is 24.4 Å². The van der Waals surface area contributed by atoms with Gasteiger partial charge < -0.3 is 20.6 Å². The second-order valence-electron chi connectivity index (χ2n) is 7.18. The van der Waals surface area contributed by atoms with Gasteiger partial charge in [0.1, 0.15) is 16.3 Å². The number of hydrogen-bond donors (Lipinski definition) is 3. The molecule has 0 aliphatic carbocycles. The van der Waals surface area contributed by atoms with E-state index < -0.39 is 5.56 Å². The Balaban J connectivity index is 2.09. The summed E-state index contributed by atoms with van der Waals surface area (Å²) in [6.45, 7) is 1.99. The maximum Gasteiger partial charge on any atom is 0.290 e. The Morgan fingerprint density at radius 3 is 2.35 bits per heavy atom. The van der Waals surface area contributed by atoms with Crippen molar-refractivity contribution in [3.05, 3.63) is 53.4 Å². The molecular weight excluding hydrogens is 438 g/mol. The fraction of sp³-hybridized carbons (Fsp3) is 0.350. The van der Waals surface area contributed by atoms with Crippen molar-refractivity contribution in [3.63, 3.8) is 0 Å². The standard InChI is InChI=1S/C20H25N5O4S2/c1-6-11(13-8-7-9-30-13)21-14-15(19(28)25(5)24(4)18(14)27)22-12-10-31-17(16(12)26)20(29)23(2)3/h7-11,21-22,26H,6H2,1-5H3/t11-/m1/s1. The van der Waals surface area contributed by atoms with Crippen LogP contribution in [0.3, 0.4) is 0 Å². The largest absolute Gasteiger partial charge is 0.504 e. The summed E-state index contributed by atoms with van der Waals surface area (Å²) in [5, 5.41) is 20.2. The third-order valence-electron chi connectivity index (χ3n) is 4.95. The van der Waals surface area contributed by atoms with Crippen molar-refractivity contribution in [2.24, 2.45) is 14.1 Å². The smallest absolute Gasteiger partial charge is 0.290 e. The molecule has 0 aliphatic rings. The molecule has 1 amide bonds. The van der Waals surface area contributed by atoms with E-state index in [1.54, 1.807) is 30.8 Å².